The van der Waals surface area contributed by atoms with Gasteiger partial charge in [-0.15, -0.1) is 11.3 Å². The number of fused-ring (bicyclic) bond motifs is 2. The summed E-state index contributed by atoms with van der Waals surface area (Å²) in [5.74, 6) is 0.527. The van der Waals surface area contributed by atoms with E-state index in [0.29, 0.717) is 36.0 Å². The molecule has 2 aromatic rings. The van der Waals surface area contributed by atoms with Crippen LogP contribution in [0.5, 0.6) is 0 Å². The first-order valence-electron chi connectivity index (χ1n) is 12.4. The number of aryl methyl sites for hydroxylation is 1. The van der Waals surface area contributed by atoms with E-state index in [9.17, 15) is 9.59 Å². The molecular formula is C25H33N5O3S. The van der Waals surface area contributed by atoms with Crippen molar-refractivity contribution in [2.24, 2.45) is 0 Å². The Bertz CT molecular complexity index is 1060. The van der Waals surface area contributed by atoms with Gasteiger partial charge in [-0.25, -0.2) is 9.97 Å². The van der Waals surface area contributed by atoms with E-state index >= 15 is 0 Å². The van der Waals surface area contributed by atoms with Crippen LogP contribution in [0, 0.1) is 6.92 Å². The Morgan fingerprint density at radius 2 is 1.79 bits per heavy atom. The average Bonchev–Trinajstić information content (AvgIpc) is 3.54. The fourth-order valence-electron chi connectivity index (χ4n) is 5.37. The predicted molar refractivity (Wildman–Crippen MR) is 132 cm³/mol. The summed E-state index contributed by atoms with van der Waals surface area (Å²) in [7, 11) is 0. The largest absolute Gasteiger partial charge is 0.381 e. The molecule has 5 heterocycles. The highest BCUT2D eigenvalue weighted by Gasteiger charge is 2.44. The molecule has 2 bridgehead atoms. The van der Waals surface area contributed by atoms with E-state index in [2.05, 4.69) is 34.4 Å². The van der Waals surface area contributed by atoms with Gasteiger partial charge in [0.2, 0.25) is 0 Å². The van der Waals surface area contributed by atoms with Crippen LogP contribution in [-0.4, -0.2) is 64.1 Å². The number of rotatable bonds is 6. The predicted octanol–water partition coefficient (Wildman–Crippen LogP) is 4.01. The first-order valence-corrected chi connectivity index (χ1v) is 13.2. The van der Waals surface area contributed by atoms with Crippen LogP contribution in [-0.2, 0) is 4.74 Å². The van der Waals surface area contributed by atoms with E-state index in [1.165, 1.54) is 11.3 Å². The van der Waals surface area contributed by atoms with E-state index in [4.69, 9.17) is 4.74 Å². The van der Waals surface area contributed by atoms with Crippen LogP contribution in [0.15, 0.2) is 12.3 Å². The Hall–Kier alpha value is -2.52. The Morgan fingerprint density at radius 3 is 2.41 bits per heavy atom. The number of hydrogen-bond acceptors (Lipinski definition) is 7. The molecule has 0 atom stereocenters. The van der Waals surface area contributed by atoms with E-state index in [-0.39, 0.29) is 23.9 Å². The summed E-state index contributed by atoms with van der Waals surface area (Å²) < 4.78 is 5.40. The van der Waals surface area contributed by atoms with Gasteiger partial charge >= 0.3 is 0 Å². The molecule has 0 aromatic carbocycles. The van der Waals surface area contributed by atoms with Gasteiger partial charge in [0.15, 0.2) is 5.01 Å². The molecule has 3 saturated heterocycles. The van der Waals surface area contributed by atoms with Crippen molar-refractivity contribution in [3.05, 3.63) is 28.5 Å². The lowest BCUT2D eigenvalue weighted by molar-refractivity contribution is 0.0696. The first kappa shape index (κ1) is 23.2. The van der Waals surface area contributed by atoms with E-state index in [0.717, 1.165) is 60.3 Å². The van der Waals surface area contributed by atoms with Crippen molar-refractivity contribution in [3.63, 3.8) is 0 Å². The van der Waals surface area contributed by atoms with Gasteiger partial charge in [0.1, 0.15) is 11.5 Å². The Kier molecular flexibility index (Phi) is 6.57. The normalized spacial score (nSPS) is 22.4. The van der Waals surface area contributed by atoms with Crippen molar-refractivity contribution in [2.75, 3.05) is 18.5 Å². The fraction of sp³-hybridized carbons (Fsp3) is 0.600. The summed E-state index contributed by atoms with van der Waals surface area (Å²) in [6, 6.07) is 2.92. The first-order chi connectivity index (χ1) is 16.4. The van der Waals surface area contributed by atoms with Crippen LogP contribution in [0.4, 0.5) is 5.82 Å². The van der Waals surface area contributed by atoms with Crippen molar-refractivity contribution >= 4 is 29.0 Å². The second-order valence-electron chi connectivity index (χ2n) is 9.92. The Morgan fingerprint density at radius 1 is 1.12 bits per heavy atom. The molecule has 0 spiro atoms. The second-order valence-corrected chi connectivity index (χ2v) is 10.9. The molecule has 2 aromatic heterocycles. The van der Waals surface area contributed by atoms with Crippen LogP contribution in [0.25, 0.3) is 10.4 Å². The molecule has 3 aliphatic rings. The number of hydrogen-bond donors (Lipinski definition) is 2. The van der Waals surface area contributed by atoms with Crippen molar-refractivity contribution in [1.29, 1.82) is 0 Å². The minimum Gasteiger partial charge on any atom is -0.381 e. The van der Waals surface area contributed by atoms with Crippen LogP contribution >= 0.6 is 11.3 Å². The number of ether oxygens (including phenoxy) is 1. The molecule has 2 N–H and O–H groups in total. The van der Waals surface area contributed by atoms with Crippen molar-refractivity contribution < 1.29 is 14.3 Å². The van der Waals surface area contributed by atoms with E-state index in [1.54, 1.807) is 6.20 Å². The van der Waals surface area contributed by atoms with Gasteiger partial charge in [0, 0.05) is 49.1 Å². The van der Waals surface area contributed by atoms with Gasteiger partial charge in [-0.2, -0.15) is 0 Å². The minimum atomic E-state index is -0.217. The number of amides is 2. The lowest BCUT2D eigenvalue weighted by atomic mass is 10.0. The molecule has 5 rings (SSSR count). The van der Waals surface area contributed by atoms with Gasteiger partial charge in [-0.3, -0.25) is 9.59 Å². The maximum atomic E-state index is 13.7. The van der Waals surface area contributed by atoms with Crippen molar-refractivity contribution in [2.45, 2.75) is 83.5 Å². The molecule has 0 radical (unpaired) electrons. The number of carbonyl (C=O) groups excluding carboxylic acids is 2. The molecule has 9 heteroatoms. The van der Waals surface area contributed by atoms with Gasteiger partial charge < -0.3 is 20.3 Å². The highest BCUT2D eigenvalue weighted by Crippen LogP contribution is 2.41. The average molecular weight is 484 g/mol. The number of pyridine rings is 1. The maximum Gasteiger partial charge on any atom is 0.280 e. The Balaban J connectivity index is 1.49. The standard InChI is InChI=1S/C25H33N5O3S/c1-14(2)27-20-12-15(3)19(13-26-20)22-21(25(32)30-17-4-5-18(30)7-6-17)29-24(34-22)23(31)28-16-8-10-33-11-9-16/h12-14,16-18H,4-11H2,1-3H3,(H,26,27)(H,28,31). The van der Waals surface area contributed by atoms with Crippen LogP contribution in [0.1, 0.15) is 78.2 Å². The topological polar surface area (TPSA) is 96.5 Å². The van der Waals surface area contributed by atoms with Gasteiger partial charge in [-0.1, -0.05) is 0 Å². The molecule has 34 heavy (non-hydrogen) atoms. The zero-order chi connectivity index (χ0) is 23.8. The van der Waals surface area contributed by atoms with E-state index in [1.807, 2.05) is 17.9 Å². The molecule has 3 fully saturated rings. The molecule has 0 saturated carbocycles. The van der Waals surface area contributed by atoms with Crippen molar-refractivity contribution in [3.8, 4) is 10.4 Å². The highest BCUT2D eigenvalue weighted by atomic mass is 32.1. The molecule has 0 aliphatic carbocycles. The summed E-state index contributed by atoms with van der Waals surface area (Å²) in [5.41, 5.74) is 2.24. The molecule has 182 valence electrons. The number of thiazole rings is 1. The quantitative estimate of drug-likeness (QED) is 0.645. The lowest BCUT2D eigenvalue weighted by Gasteiger charge is -2.22. The third-order valence-corrected chi connectivity index (χ3v) is 8.15. The SMILES string of the molecule is Cc1cc(NC(C)C)ncc1-c1sc(C(=O)NC2CCOCC2)nc1C(=O)N1C2CCC1CC2. The molecule has 3 aliphatic heterocycles. The number of anilines is 1. The van der Waals surface area contributed by atoms with Crippen LogP contribution in [0.3, 0.4) is 0 Å². The summed E-state index contributed by atoms with van der Waals surface area (Å²) >= 11 is 1.29. The van der Waals surface area contributed by atoms with Crippen molar-refractivity contribution in [1.82, 2.24) is 20.2 Å². The van der Waals surface area contributed by atoms with Crippen LogP contribution in [0.2, 0.25) is 0 Å². The smallest absolute Gasteiger partial charge is 0.280 e. The zero-order valence-electron chi connectivity index (χ0n) is 20.1. The third-order valence-electron chi connectivity index (χ3n) is 7.06. The molecular weight excluding hydrogens is 450 g/mol. The van der Waals surface area contributed by atoms with E-state index < -0.39 is 0 Å². The molecule has 8 nitrogen and oxygen atoms in total. The number of nitrogens with zero attached hydrogens (tertiary/aromatic N) is 3. The number of carbonyl (C=O) groups is 2. The van der Waals surface area contributed by atoms with Gasteiger partial charge in [0.05, 0.1) is 4.88 Å². The Labute approximate surface area is 204 Å². The third kappa shape index (κ3) is 4.55. The highest BCUT2D eigenvalue weighted by molar-refractivity contribution is 7.17. The summed E-state index contributed by atoms with van der Waals surface area (Å²) in [6.45, 7) is 7.45. The van der Waals surface area contributed by atoms with Gasteiger partial charge in [-0.05, 0) is 70.9 Å². The second kappa shape index (κ2) is 9.62. The summed E-state index contributed by atoms with van der Waals surface area (Å²) in [5, 5.41) is 6.75. The van der Waals surface area contributed by atoms with Gasteiger partial charge in [0.25, 0.3) is 11.8 Å². The molecule has 0 unspecified atom stereocenters. The lowest BCUT2D eigenvalue weighted by Crippen LogP contribution is -2.39. The summed E-state index contributed by atoms with van der Waals surface area (Å²) in [6.07, 6.45) is 7.61. The number of aromatic nitrogens is 2. The fourth-order valence-corrected chi connectivity index (χ4v) is 6.40. The summed E-state index contributed by atoms with van der Waals surface area (Å²) in [4.78, 5) is 38.8. The molecule has 2 amide bonds. The zero-order valence-corrected chi connectivity index (χ0v) is 20.9. The maximum absolute atomic E-state index is 13.7. The minimum absolute atomic E-state index is 0.0508. The van der Waals surface area contributed by atoms with Crippen LogP contribution < -0.4 is 10.6 Å². The number of nitrogens with one attached hydrogen (secondary N) is 2. The monoisotopic (exact) mass is 483 g/mol.